The number of hydrogen-bond acceptors (Lipinski definition) is 8. The van der Waals surface area contributed by atoms with Crippen molar-refractivity contribution >= 4 is 29.8 Å². The summed E-state index contributed by atoms with van der Waals surface area (Å²) in [5, 5.41) is 9.67. The summed E-state index contributed by atoms with van der Waals surface area (Å²) < 4.78 is 14.6. The summed E-state index contributed by atoms with van der Waals surface area (Å²) >= 11 is 1.37. The first-order valence-corrected chi connectivity index (χ1v) is 9.09. The Morgan fingerprint density at radius 1 is 1.24 bits per heavy atom. The number of likely N-dealkylation sites (tertiary alicyclic amines) is 1. The minimum absolute atomic E-state index is 0.00194. The zero-order valence-electron chi connectivity index (χ0n) is 15.3. The Bertz CT molecular complexity index is 491. The van der Waals surface area contributed by atoms with Crippen molar-refractivity contribution < 1.29 is 33.7 Å². The molecule has 8 nitrogen and oxygen atoms in total. The van der Waals surface area contributed by atoms with Crippen molar-refractivity contribution in [2.24, 2.45) is 0 Å². The zero-order chi connectivity index (χ0) is 19.2. The summed E-state index contributed by atoms with van der Waals surface area (Å²) in [6.07, 6.45) is -0.785. The minimum atomic E-state index is -1.21. The van der Waals surface area contributed by atoms with Gasteiger partial charge in [0, 0.05) is 17.5 Å². The van der Waals surface area contributed by atoms with Crippen molar-refractivity contribution in [2.75, 3.05) is 26.5 Å². The fourth-order valence-electron chi connectivity index (χ4n) is 2.41. The largest absolute Gasteiger partial charge is 0.467 e. The predicted molar refractivity (Wildman–Crippen MR) is 92.2 cm³/mol. The van der Waals surface area contributed by atoms with Crippen LogP contribution in [0.15, 0.2) is 0 Å². The van der Waals surface area contributed by atoms with Gasteiger partial charge in [0.1, 0.15) is 11.6 Å². The van der Waals surface area contributed by atoms with E-state index in [2.05, 4.69) is 4.74 Å². The van der Waals surface area contributed by atoms with Gasteiger partial charge in [-0.3, -0.25) is 4.90 Å². The van der Waals surface area contributed by atoms with Crippen molar-refractivity contribution in [3.63, 3.8) is 0 Å². The number of esters is 2. The highest BCUT2D eigenvalue weighted by atomic mass is 32.2. The van der Waals surface area contributed by atoms with Gasteiger partial charge in [-0.05, 0) is 33.6 Å². The van der Waals surface area contributed by atoms with Crippen LogP contribution in [0.5, 0.6) is 0 Å². The molecule has 1 fully saturated rings. The summed E-state index contributed by atoms with van der Waals surface area (Å²) in [6.45, 7) is 5.61. The molecular formula is C16H27NO7S. The molecule has 0 aromatic heterocycles. The number of methoxy groups -OCH3 is 2. The third kappa shape index (κ3) is 6.74. The molecule has 0 aromatic rings. The lowest BCUT2D eigenvalue weighted by molar-refractivity contribution is -0.149. The van der Waals surface area contributed by atoms with E-state index in [1.54, 1.807) is 20.8 Å². The molecule has 1 N–H and O–H groups in total. The molecule has 1 aliphatic heterocycles. The van der Waals surface area contributed by atoms with Crippen LogP contribution >= 0.6 is 11.8 Å². The molecule has 1 amide bonds. The number of nitrogens with zero attached hydrogens (tertiary/aromatic N) is 1. The maximum atomic E-state index is 12.3. The van der Waals surface area contributed by atoms with Gasteiger partial charge in [-0.15, -0.1) is 0 Å². The Hall–Kier alpha value is -1.48. The van der Waals surface area contributed by atoms with Crippen LogP contribution in [-0.2, 0) is 23.8 Å². The Morgan fingerprint density at radius 2 is 1.88 bits per heavy atom. The third-order valence-electron chi connectivity index (χ3n) is 3.62. The van der Waals surface area contributed by atoms with Gasteiger partial charge in [0.2, 0.25) is 0 Å². The molecule has 144 valence electrons. The average molecular weight is 377 g/mol. The van der Waals surface area contributed by atoms with Gasteiger partial charge in [-0.1, -0.05) is 0 Å². The molecular weight excluding hydrogens is 350 g/mol. The number of hydrogen-bond donors (Lipinski definition) is 1. The van der Waals surface area contributed by atoms with Crippen molar-refractivity contribution in [1.29, 1.82) is 0 Å². The van der Waals surface area contributed by atoms with E-state index in [9.17, 15) is 19.5 Å². The lowest BCUT2D eigenvalue weighted by Crippen LogP contribution is -2.52. The van der Waals surface area contributed by atoms with Gasteiger partial charge in [-0.25, -0.2) is 14.4 Å². The van der Waals surface area contributed by atoms with Crippen LogP contribution in [0.2, 0.25) is 0 Å². The van der Waals surface area contributed by atoms with Crippen molar-refractivity contribution in [3.8, 4) is 0 Å². The second-order valence-electron chi connectivity index (χ2n) is 6.73. The Labute approximate surface area is 152 Å². The molecule has 1 rings (SSSR count). The lowest BCUT2D eigenvalue weighted by Gasteiger charge is -2.38. The summed E-state index contributed by atoms with van der Waals surface area (Å²) in [5.41, 5.74) is -0.659. The van der Waals surface area contributed by atoms with E-state index in [0.29, 0.717) is 19.4 Å². The summed E-state index contributed by atoms with van der Waals surface area (Å²) in [6, 6.07) is -0.749. The lowest BCUT2D eigenvalue weighted by atomic mass is 10.0. The van der Waals surface area contributed by atoms with Crippen LogP contribution in [0, 0.1) is 0 Å². The molecule has 0 spiro atoms. The van der Waals surface area contributed by atoms with Gasteiger partial charge < -0.3 is 19.3 Å². The molecule has 25 heavy (non-hydrogen) atoms. The molecule has 0 aliphatic carbocycles. The van der Waals surface area contributed by atoms with Crippen LogP contribution < -0.4 is 0 Å². The van der Waals surface area contributed by atoms with Crippen molar-refractivity contribution in [2.45, 2.75) is 56.6 Å². The van der Waals surface area contributed by atoms with E-state index in [4.69, 9.17) is 9.47 Å². The van der Waals surface area contributed by atoms with Gasteiger partial charge >= 0.3 is 18.0 Å². The van der Waals surface area contributed by atoms with E-state index in [0.717, 1.165) is 0 Å². The third-order valence-corrected chi connectivity index (χ3v) is 5.03. The van der Waals surface area contributed by atoms with Crippen molar-refractivity contribution in [1.82, 2.24) is 4.90 Å². The quantitative estimate of drug-likeness (QED) is 0.563. The number of ether oxygens (including phenoxy) is 3. The summed E-state index contributed by atoms with van der Waals surface area (Å²) in [7, 11) is 2.48. The fraction of sp³-hybridized carbons (Fsp3) is 0.812. The van der Waals surface area contributed by atoms with Gasteiger partial charge in [-0.2, -0.15) is 11.8 Å². The standard InChI is InChI=1S/C16H27NO7S/c1-16(2,3)24-15(21)17-7-6-10(8-11(17)13(19)22-4)25-9-12(18)14(20)23-5/h10-12,18H,6-9H2,1-5H3/t10-,11-,12-/m0/s1. The smallest absolute Gasteiger partial charge is 0.411 e. The Balaban J connectivity index is 2.71. The maximum absolute atomic E-state index is 12.3. The molecule has 1 saturated heterocycles. The number of aliphatic hydroxyl groups is 1. The molecule has 0 saturated carbocycles. The number of piperidine rings is 1. The molecule has 0 radical (unpaired) electrons. The highest BCUT2D eigenvalue weighted by Crippen LogP contribution is 2.29. The van der Waals surface area contributed by atoms with Gasteiger partial charge in [0.25, 0.3) is 0 Å². The average Bonchev–Trinajstić information content (AvgIpc) is 2.56. The zero-order valence-corrected chi connectivity index (χ0v) is 16.1. The normalized spacial score (nSPS) is 22.1. The topological polar surface area (TPSA) is 102 Å². The Kier molecular flexibility index (Phi) is 8.01. The summed E-state index contributed by atoms with van der Waals surface area (Å²) in [5.74, 6) is -1.04. The first-order chi connectivity index (χ1) is 11.6. The summed E-state index contributed by atoms with van der Waals surface area (Å²) in [4.78, 5) is 37.0. The highest BCUT2D eigenvalue weighted by Gasteiger charge is 2.39. The number of amides is 1. The number of thioether (sulfide) groups is 1. The number of rotatable bonds is 5. The highest BCUT2D eigenvalue weighted by molar-refractivity contribution is 7.99. The van der Waals surface area contributed by atoms with Crippen LogP contribution in [0.3, 0.4) is 0 Å². The second kappa shape index (κ2) is 9.28. The SMILES string of the molecule is COC(=O)[C@@H](O)CS[C@H]1CCN(C(=O)OC(C)(C)C)[C@H](C(=O)OC)C1. The molecule has 0 unspecified atom stereocenters. The molecule has 3 atom stereocenters. The van der Waals surface area contributed by atoms with Gasteiger partial charge in [0.05, 0.1) is 14.2 Å². The number of carbonyl (C=O) groups is 3. The molecule has 1 aliphatic rings. The number of aliphatic hydroxyl groups excluding tert-OH is 1. The molecule has 0 aromatic carbocycles. The Morgan fingerprint density at radius 3 is 2.40 bits per heavy atom. The molecule has 9 heteroatoms. The first kappa shape index (κ1) is 21.6. The van der Waals surface area contributed by atoms with Crippen LogP contribution in [-0.4, -0.2) is 77.6 Å². The predicted octanol–water partition coefficient (Wildman–Crippen LogP) is 1.19. The van der Waals surface area contributed by atoms with Crippen LogP contribution in [0.1, 0.15) is 33.6 Å². The maximum Gasteiger partial charge on any atom is 0.411 e. The van der Waals surface area contributed by atoms with Gasteiger partial charge in [0.15, 0.2) is 6.10 Å². The van der Waals surface area contributed by atoms with E-state index in [1.165, 1.54) is 30.9 Å². The second-order valence-corrected chi connectivity index (χ2v) is 8.06. The monoisotopic (exact) mass is 377 g/mol. The number of carbonyl (C=O) groups excluding carboxylic acids is 3. The van der Waals surface area contributed by atoms with E-state index in [1.807, 2.05) is 0 Å². The first-order valence-electron chi connectivity index (χ1n) is 8.04. The van der Waals surface area contributed by atoms with Crippen molar-refractivity contribution in [3.05, 3.63) is 0 Å². The van der Waals surface area contributed by atoms with E-state index >= 15 is 0 Å². The minimum Gasteiger partial charge on any atom is -0.467 e. The molecule has 1 heterocycles. The van der Waals surface area contributed by atoms with E-state index < -0.39 is 35.8 Å². The fourth-order valence-corrected chi connectivity index (χ4v) is 3.60. The molecule has 0 bridgehead atoms. The van der Waals surface area contributed by atoms with E-state index in [-0.39, 0.29) is 11.0 Å². The van der Waals surface area contributed by atoms with Crippen LogP contribution in [0.25, 0.3) is 0 Å². The van der Waals surface area contributed by atoms with Crippen LogP contribution in [0.4, 0.5) is 4.79 Å².